The first-order valence-electron chi connectivity index (χ1n) is 9.13. The van der Waals surface area contributed by atoms with Crippen molar-refractivity contribution >= 4 is 17.5 Å². The molecule has 142 valence electrons. The smallest absolute Gasteiger partial charge is 0.251 e. The highest BCUT2D eigenvalue weighted by atomic mass is 35.5. The molecule has 1 amide bonds. The molecule has 0 fully saturated rings. The Morgan fingerprint density at radius 3 is 2.79 bits per heavy atom. The minimum absolute atomic E-state index is 0.0915. The summed E-state index contributed by atoms with van der Waals surface area (Å²) < 4.78 is 5.99. The van der Waals surface area contributed by atoms with Crippen molar-refractivity contribution in [2.75, 3.05) is 6.54 Å². The van der Waals surface area contributed by atoms with Crippen molar-refractivity contribution in [3.8, 4) is 17.0 Å². The highest BCUT2D eigenvalue weighted by molar-refractivity contribution is 6.30. The molecule has 1 aromatic heterocycles. The normalized spacial score (nSPS) is 15.0. The van der Waals surface area contributed by atoms with Crippen molar-refractivity contribution in [1.82, 2.24) is 15.3 Å². The first-order valence-corrected chi connectivity index (χ1v) is 9.51. The van der Waals surface area contributed by atoms with Crippen LogP contribution in [0.25, 0.3) is 11.3 Å². The molecule has 0 spiro atoms. The summed E-state index contributed by atoms with van der Waals surface area (Å²) in [4.78, 5) is 21.3. The maximum Gasteiger partial charge on any atom is 0.251 e. The maximum atomic E-state index is 12.3. The molecule has 28 heavy (non-hydrogen) atoms. The van der Waals surface area contributed by atoms with Gasteiger partial charge in [0.2, 0.25) is 0 Å². The molecule has 0 radical (unpaired) electrons. The zero-order valence-corrected chi connectivity index (χ0v) is 16.5. The van der Waals surface area contributed by atoms with Crippen LogP contribution in [0.4, 0.5) is 0 Å². The Kier molecular flexibility index (Phi) is 5.01. The molecule has 0 aliphatic carbocycles. The van der Waals surface area contributed by atoms with E-state index < -0.39 is 0 Å². The van der Waals surface area contributed by atoms with Gasteiger partial charge in [-0.3, -0.25) is 9.78 Å². The molecular weight excluding hydrogens is 374 g/mol. The molecule has 1 aliphatic heterocycles. The summed E-state index contributed by atoms with van der Waals surface area (Å²) in [6.07, 6.45) is 2.42. The molecule has 2 heterocycles. The predicted molar refractivity (Wildman–Crippen MR) is 109 cm³/mol. The van der Waals surface area contributed by atoms with E-state index in [0.29, 0.717) is 17.1 Å². The Balaban J connectivity index is 1.43. The van der Waals surface area contributed by atoms with Crippen molar-refractivity contribution < 1.29 is 9.53 Å². The Bertz CT molecular complexity index is 1030. The summed E-state index contributed by atoms with van der Waals surface area (Å²) in [5.74, 6) is 0.718. The number of hydrogen-bond donors (Lipinski definition) is 1. The summed E-state index contributed by atoms with van der Waals surface area (Å²) in [6.45, 7) is 4.33. The summed E-state index contributed by atoms with van der Waals surface area (Å²) in [7, 11) is 0. The zero-order valence-electron chi connectivity index (χ0n) is 15.7. The minimum Gasteiger partial charge on any atom is -0.488 e. The Morgan fingerprint density at radius 2 is 2.00 bits per heavy atom. The zero-order chi connectivity index (χ0) is 19.7. The number of carbonyl (C=O) groups is 1. The van der Waals surface area contributed by atoms with Crippen molar-refractivity contribution in [2.24, 2.45) is 0 Å². The highest BCUT2D eigenvalue weighted by Gasteiger charge is 2.24. The van der Waals surface area contributed by atoms with Crippen LogP contribution in [0.3, 0.4) is 0 Å². The number of rotatable bonds is 4. The lowest BCUT2D eigenvalue weighted by Gasteiger charge is -2.12. The van der Waals surface area contributed by atoms with E-state index in [9.17, 15) is 4.79 Å². The van der Waals surface area contributed by atoms with Crippen LogP contribution >= 0.6 is 11.6 Å². The van der Waals surface area contributed by atoms with E-state index in [1.54, 1.807) is 30.5 Å². The fraction of sp³-hybridized carbons (Fsp3) is 0.227. The minimum atomic E-state index is -0.137. The molecular formula is C22H20ClN3O2. The van der Waals surface area contributed by atoms with E-state index in [-0.39, 0.29) is 12.0 Å². The average Bonchev–Trinajstić information content (AvgIpc) is 3.10. The van der Waals surface area contributed by atoms with Crippen molar-refractivity contribution in [2.45, 2.75) is 26.4 Å². The standard InChI is InChI=1S/C22H20ClN3O2/c1-13-11-24-14(2)21(26-13)16-5-8-20-17(9-16)10-19(28-20)12-25-22(27)15-3-6-18(23)7-4-15/h3-9,11,19H,10,12H2,1-2H3,(H,25,27)/t19-/m0/s1. The Hall–Kier alpha value is -2.92. The molecule has 3 aromatic rings. The van der Waals surface area contributed by atoms with Crippen molar-refractivity contribution in [3.05, 3.63) is 76.2 Å². The summed E-state index contributed by atoms with van der Waals surface area (Å²) in [5, 5.41) is 3.54. The van der Waals surface area contributed by atoms with Crippen molar-refractivity contribution in [1.29, 1.82) is 0 Å². The monoisotopic (exact) mass is 393 g/mol. The lowest BCUT2D eigenvalue weighted by molar-refractivity contribution is 0.0933. The largest absolute Gasteiger partial charge is 0.488 e. The van der Waals surface area contributed by atoms with Gasteiger partial charge in [0, 0.05) is 28.8 Å². The SMILES string of the molecule is Cc1cnc(C)c(-c2ccc3c(c2)C[C@@H](CNC(=O)c2ccc(Cl)cc2)O3)n1. The molecule has 0 unspecified atom stereocenters. The Labute approximate surface area is 168 Å². The lowest BCUT2D eigenvalue weighted by atomic mass is 10.0. The quantitative estimate of drug-likeness (QED) is 0.723. The van der Waals surface area contributed by atoms with Gasteiger partial charge in [0.15, 0.2) is 0 Å². The van der Waals surface area contributed by atoms with Crippen LogP contribution in [-0.2, 0) is 6.42 Å². The third kappa shape index (κ3) is 3.85. The van der Waals surface area contributed by atoms with Crippen LogP contribution in [0, 0.1) is 13.8 Å². The van der Waals surface area contributed by atoms with Gasteiger partial charge in [-0.1, -0.05) is 11.6 Å². The van der Waals surface area contributed by atoms with Crippen LogP contribution in [0.15, 0.2) is 48.7 Å². The number of fused-ring (bicyclic) bond motifs is 1. The van der Waals surface area contributed by atoms with Gasteiger partial charge in [-0.05, 0) is 61.9 Å². The second-order valence-electron chi connectivity index (χ2n) is 6.93. The van der Waals surface area contributed by atoms with Gasteiger partial charge in [-0.15, -0.1) is 0 Å². The van der Waals surface area contributed by atoms with Crippen LogP contribution in [-0.4, -0.2) is 28.5 Å². The third-order valence-electron chi connectivity index (χ3n) is 4.75. The van der Waals surface area contributed by atoms with E-state index in [1.165, 1.54) is 0 Å². The van der Waals surface area contributed by atoms with Crippen molar-refractivity contribution in [3.63, 3.8) is 0 Å². The molecule has 2 aromatic carbocycles. The molecule has 1 atom stereocenters. The number of hydrogen-bond acceptors (Lipinski definition) is 4. The van der Waals surface area contributed by atoms with E-state index in [1.807, 2.05) is 26.0 Å². The highest BCUT2D eigenvalue weighted by Crippen LogP contribution is 2.33. The number of nitrogens with one attached hydrogen (secondary N) is 1. The van der Waals surface area contributed by atoms with E-state index in [2.05, 4.69) is 21.4 Å². The molecule has 5 nitrogen and oxygen atoms in total. The van der Waals surface area contributed by atoms with Crippen LogP contribution in [0.1, 0.15) is 27.3 Å². The first kappa shape index (κ1) is 18.4. The first-order chi connectivity index (χ1) is 13.5. The van der Waals surface area contributed by atoms with Gasteiger partial charge < -0.3 is 10.1 Å². The summed E-state index contributed by atoms with van der Waals surface area (Å²) in [5.41, 5.74) is 5.40. The number of ether oxygens (including phenoxy) is 1. The molecule has 0 bridgehead atoms. The van der Waals surface area contributed by atoms with E-state index in [4.69, 9.17) is 16.3 Å². The average molecular weight is 394 g/mol. The molecule has 6 heteroatoms. The maximum absolute atomic E-state index is 12.3. The van der Waals surface area contributed by atoms with Gasteiger partial charge >= 0.3 is 0 Å². The van der Waals surface area contributed by atoms with Crippen LogP contribution in [0.5, 0.6) is 5.75 Å². The topological polar surface area (TPSA) is 64.1 Å². The number of amides is 1. The lowest BCUT2D eigenvalue weighted by Crippen LogP contribution is -2.34. The molecule has 0 saturated carbocycles. The number of carbonyl (C=O) groups excluding carboxylic acids is 1. The number of aromatic nitrogens is 2. The van der Waals surface area contributed by atoms with Crippen LogP contribution in [0.2, 0.25) is 5.02 Å². The second kappa shape index (κ2) is 7.60. The predicted octanol–water partition coefficient (Wildman–Crippen LogP) is 4.15. The van der Waals surface area contributed by atoms with Crippen LogP contribution < -0.4 is 10.1 Å². The number of benzene rings is 2. The number of aryl methyl sites for hydroxylation is 2. The fourth-order valence-corrected chi connectivity index (χ4v) is 3.43. The Morgan fingerprint density at radius 1 is 1.21 bits per heavy atom. The van der Waals surface area contributed by atoms with E-state index in [0.717, 1.165) is 40.4 Å². The summed E-state index contributed by atoms with van der Waals surface area (Å²) in [6, 6.07) is 12.9. The van der Waals surface area contributed by atoms with Gasteiger partial charge in [0.05, 0.1) is 23.6 Å². The van der Waals surface area contributed by atoms with Gasteiger partial charge in [-0.2, -0.15) is 0 Å². The molecule has 0 saturated heterocycles. The fourth-order valence-electron chi connectivity index (χ4n) is 3.30. The third-order valence-corrected chi connectivity index (χ3v) is 5.00. The van der Waals surface area contributed by atoms with Gasteiger partial charge in [-0.25, -0.2) is 4.98 Å². The molecule has 1 N–H and O–H groups in total. The molecule has 4 rings (SSSR count). The molecule has 1 aliphatic rings. The summed E-state index contributed by atoms with van der Waals surface area (Å²) >= 11 is 5.86. The number of nitrogens with zero attached hydrogens (tertiary/aromatic N) is 2. The van der Waals surface area contributed by atoms with Gasteiger partial charge in [0.1, 0.15) is 11.9 Å². The number of halogens is 1. The van der Waals surface area contributed by atoms with Gasteiger partial charge in [0.25, 0.3) is 5.91 Å². The van der Waals surface area contributed by atoms with E-state index >= 15 is 0 Å². The second-order valence-corrected chi connectivity index (χ2v) is 7.37.